The van der Waals surface area contributed by atoms with Crippen LogP contribution < -0.4 is 4.72 Å². The molecule has 0 amide bonds. The molecule has 42 valence electrons. The first-order valence-corrected chi connectivity index (χ1v) is 2.81. The van der Waals surface area contributed by atoms with E-state index >= 15 is 0 Å². The van der Waals surface area contributed by atoms with Crippen molar-refractivity contribution in [3.8, 4) is 0 Å². The van der Waals surface area contributed by atoms with Crippen LogP contribution in [0.3, 0.4) is 0 Å². The van der Waals surface area contributed by atoms with Crippen LogP contribution in [0.1, 0.15) is 0 Å². The lowest BCUT2D eigenvalue weighted by Crippen LogP contribution is -2.15. The van der Waals surface area contributed by atoms with Crippen LogP contribution in [0.15, 0.2) is 12.8 Å². The van der Waals surface area contributed by atoms with E-state index in [0.717, 1.165) is 6.20 Å². The normalized spacial score (nSPS) is 10.4. The van der Waals surface area contributed by atoms with E-state index < -0.39 is 10.3 Å². The molecule has 0 bridgehead atoms. The highest BCUT2D eigenvalue weighted by Crippen LogP contribution is 1.66. The molecule has 0 heterocycles. The molecule has 5 heteroatoms. The molecule has 0 fully saturated rings. The maximum absolute atomic E-state index is 9.49. The van der Waals surface area contributed by atoms with Crippen LogP contribution in [0.5, 0.6) is 0 Å². The van der Waals surface area contributed by atoms with Gasteiger partial charge in [0, 0.05) is 6.20 Å². The zero-order valence-electron chi connectivity index (χ0n) is 3.42. The fourth-order valence-electron chi connectivity index (χ4n) is 0.102. The molecular weight excluding hydrogens is 118 g/mol. The van der Waals surface area contributed by atoms with E-state index in [9.17, 15) is 13.0 Å². The van der Waals surface area contributed by atoms with Crippen LogP contribution in [-0.2, 0) is 10.3 Å². The van der Waals surface area contributed by atoms with Crippen LogP contribution in [0.4, 0.5) is 0 Å². The highest BCUT2D eigenvalue weighted by molar-refractivity contribution is 7.83. The molecule has 1 N–H and O–H groups in total. The zero-order chi connectivity index (χ0) is 5.91. The van der Waals surface area contributed by atoms with E-state index in [1.54, 1.807) is 0 Å². The Morgan fingerprint density at radius 1 is 1.71 bits per heavy atom. The molecule has 0 aromatic heterocycles. The van der Waals surface area contributed by atoms with E-state index in [4.69, 9.17) is 0 Å². The second-order valence-electron chi connectivity index (χ2n) is 0.776. The summed E-state index contributed by atoms with van der Waals surface area (Å²) in [6, 6.07) is 0. The third-order valence-electron chi connectivity index (χ3n) is 0.228. The van der Waals surface area contributed by atoms with E-state index in [1.807, 2.05) is 0 Å². The molecule has 0 unspecified atom stereocenters. The summed E-state index contributed by atoms with van der Waals surface area (Å²) < 4.78 is 29.9. The zero-order valence-corrected chi connectivity index (χ0v) is 4.23. The van der Waals surface area contributed by atoms with Gasteiger partial charge >= 0.3 is 0 Å². The lowest BCUT2D eigenvalue weighted by atomic mass is 11.1. The summed E-state index contributed by atoms with van der Waals surface area (Å²) in [6.07, 6.45) is 0.808. The van der Waals surface area contributed by atoms with Crippen LogP contribution in [0.25, 0.3) is 0 Å². The van der Waals surface area contributed by atoms with E-state index in [2.05, 4.69) is 6.58 Å². The van der Waals surface area contributed by atoms with Crippen molar-refractivity contribution in [2.24, 2.45) is 0 Å². The van der Waals surface area contributed by atoms with Gasteiger partial charge in [0.15, 0.2) is 10.3 Å². The van der Waals surface area contributed by atoms with Gasteiger partial charge in [0.2, 0.25) is 0 Å². The first-order valence-electron chi connectivity index (χ1n) is 1.40. The van der Waals surface area contributed by atoms with Gasteiger partial charge in [0.05, 0.1) is 0 Å². The first-order chi connectivity index (χ1) is 3.06. The maximum Gasteiger partial charge on any atom is 0.181 e. The Morgan fingerprint density at radius 2 is 2.14 bits per heavy atom. The first kappa shape index (κ1) is 6.45. The van der Waals surface area contributed by atoms with Crippen molar-refractivity contribution in [3.63, 3.8) is 0 Å². The molecule has 0 aliphatic heterocycles. The molecule has 0 rings (SSSR count). The van der Waals surface area contributed by atoms with Crippen LogP contribution in [0, 0.1) is 0 Å². The third-order valence-corrected chi connectivity index (χ3v) is 0.683. The third kappa shape index (κ3) is 5.45. The van der Waals surface area contributed by atoms with Gasteiger partial charge in [-0.25, -0.2) is 8.42 Å². The molecule has 0 aliphatic rings. The molecule has 0 aromatic rings. The van der Waals surface area contributed by atoms with Crippen molar-refractivity contribution in [1.29, 1.82) is 0 Å². The van der Waals surface area contributed by atoms with Crippen molar-refractivity contribution >= 4 is 10.3 Å². The molecule has 0 atom stereocenters. The van der Waals surface area contributed by atoms with Crippen molar-refractivity contribution in [2.45, 2.75) is 0 Å². The predicted molar refractivity (Wildman–Crippen MR) is 23.0 cm³/mol. The summed E-state index contributed by atoms with van der Waals surface area (Å²) in [6.45, 7) is 2.96. The number of rotatable bonds is 2. The van der Waals surface area contributed by atoms with Crippen LogP contribution in [0.2, 0.25) is 0 Å². The minimum absolute atomic E-state index is 0.808. The Kier molecular flexibility index (Phi) is 1.79. The fraction of sp³-hybridized carbons (Fsp3) is 0. The summed E-state index contributed by atoms with van der Waals surface area (Å²) in [4.78, 5) is 0. The van der Waals surface area contributed by atoms with Crippen molar-refractivity contribution < 1.29 is 13.0 Å². The average Bonchev–Trinajstić information content (AvgIpc) is 1.30. The molecule has 4 nitrogen and oxygen atoms in total. The van der Waals surface area contributed by atoms with E-state index in [-0.39, 0.29) is 0 Å². The van der Waals surface area contributed by atoms with Crippen molar-refractivity contribution in [1.82, 2.24) is 4.72 Å². The standard InChI is InChI=1S/C2H5NO3S/c1-2-3-7(4,5)6/h2-3H,1H2,(H,4,5,6)/p-1. The SMILES string of the molecule is C=CNS(=O)(=O)[O-]. The summed E-state index contributed by atoms with van der Waals surface area (Å²) in [5.41, 5.74) is 0. The second kappa shape index (κ2) is 1.94. The number of nitrogens with one attached hydrogen (secondary N) is 1. The summed E-state index contributed by atoms with van der Waals surface area (Å²) >= 11 is 0. The van der Waals surface area contributed by atoms with Gasteiger partial charge in [0.1, 0.15) is 0 Å². The summed E-state index contributed by atoms with van der Waals surface area (Å²) in [7, 11) is -4.29. The molecular formula is C2H4NO3S-. The van der Waals surface area contributed by atoms with E-state index in [0.29, 0.717) is 0 Å². The molecule has 7 heavy (non-hydrogen) atoms. The molecule has 0 aliphatic carbocycles. The van der Waals surface area contributed by atoms with Gasteiger partial charge in [0.25, 0.3) is 0 Å². The highest BCUT2D eigenvalue weighted by Gasteiger charge is 1.78. The smallest absolute Gasteiger partial charge is 0.181 e. The Morgan fingerprint density at radius 3 is 2.14 bits per heavy atom. The summed E-state index contributed by atoms with van der Waals surface area (Å²) in [5, 5.41) is 0. The topological polar surface area (TPSA) is 69.2 Å². The van der Waals surface area contributed by atoms with Gasteiger partial charge in [-0.2, -0.15) is 0 Å². The number of hydrogen-bond donors (Lipinski definition) is 1. The largest absolute Gasteiger partial charge is 0.731 e. The van der Waals surface area contributed by atoms with Crippen LogP contribution >= 0.6 is 0 Å². The minimum atomic E-state index is -4.29. The van der Waals surface area contributed by atoms with Gasteiger partial charge < -0.3 is 9.27 Å². The Balaban J connectivity index is 3.84. The lowest BCUT2D eigenvalue weighted by Gasteiger charge is -2.02. The van der Waals surface area contributed by atoms with Gasteiger partial charge in [-0.05, 0) is 0 Å². The predicted octanol–water partition coefficient (Wildman–Crippen LogP) is -0.820. The maximum atomic E-state index is 9.49. The van der Waals surface area contributed by atoms with Crippen molar-refractivity contribution in [2.75, 3.05) is 0 Å². The molecule has 0 saturated carbocycles. The number of hydrogen-bond acceptors (Lipinski definition) is 3. The Labute approximate surface area is 41.7 Å². The molecule has 0 saturated heterocycles. The molecule has 0 spiro atoms. The quantitative estimate of drug-likeness (QED) is 0.486. The fourth-order valence-corrected chi connectivity index (χ4v) is 0.306. The van der Waals surface area contributed by atoms with Crippen molar-refractivity contribution in [3.05, 3.63) is 12.8 Å². The molecule has 0 aromatic carbocycles. The summed E-state index contributed by atoms with van der Waals surface area (Å²) in [5.74, 6) is 0. The average molecular weight is 122 g/mol. The monoisotopic (exact) mass is 122 g/mol. The Hall–Kier alpha value is -0.550. The molecule has 0 radical (unpaired) electrons. The highest BCUT2D eigenvalue weighted by atomic mass is 32.2. The van der Waals surface area contributed by atoms with Gasteiger partial charge in [-0.3, -0.25) is 0 Å². The second-order valence-corrected chi connectivity index (χ2v) is 1.92. The van der Waals surface area contributed by atoms with Gasteiger partial charge in [-0.1, -0.05) is 6.58 Å². The lowest BCUT2D eigenvalue weighted by molar-refractivity contribution is 0.456. The van der Waals surface area contributed by atoms with Gasteiger partial charge in [-0.15, -0.1) is 0 Å². The van der Waals surface area contributed by atoms with Crippen LogP contribution in [-0.4, -0.2) is 13.0 Å². The minimum Gasteiger partial charge on any atom is -0.731 e. The Bertz CT molecular complexity index is 146. The van der Waals surface area contributed by atoms with E-state index in [1.165, 1.54) is 4.72 Å².